The zero-order valence-electron chi connectivity index (χ0n) is 7.40. The van der Waals surface area contributed by atoms with Crippen molar-refractivity contribution in [2.45, 2.75) is 25.8 Å². The van der Waals surface area contributed by atoms with Crippen molar-refractivity contribution in [3.8, 4) is 0 Å². The third-order valence-corrected chi connectivity index (χ3v) is 3.09. The highest BCUT2D eigenvalue weighted by atomic mass is 35.5. The average Bonchev–Trinajstić information content (AvgIpc) is 2.12. The summed E-state index contributed by atoms with van der Waals surface area (Å²) >= 11 is 12.1. The summed E-state index contributed by atoms with van der Waals surface area (Å²) in [5, 5.41) is 4.94. The molecule has 0 fully saturated rings. The molecule has 1 N–H and O–H groups in total. The lowest BCUT2D eigenvalue weighted by Gasteiger charge is -2.25. The second kappa shape index (κ2) is 3.39. The van der Waals surface area contributed by atoms with E-state index in [1.807, 2.05) is 12.1 Å². The monoisotopic (exact) mass is 215 g/mol. The lowest BCUT2D eigenvalue weighted by Crippen LogP contribution is -2.22. The van der Waals surface area contributed by atoms with Gasteiger partial charge in [0.2, 0.25) is 0 Å². The summed E-state index contributed by atoms with van der Waals surface area (Å²) in [5.74, 6) is 0. The Morgan fingerprint density at radius 1 is 1.31 bits per heavy atom. The molecule has 1 atom stereocenters. The van der Waals surface area contributed by atoms with Gasteiger partial charge in [0.15, 0.2) is 0 Å². The molecule has 3 heteroatoms. The first-order valence-electron chi connectivity index (χ1n) is 4.42. The number of nitrogens with one attached hydrogen (secondary N) is 1. The fourth-order valence-corrected chi connectivity index (χ4v) is 2.16. The zero-order valence-corrected chi connectivity index (χ0v) is 8.91. The number of hydrogen-bond acceptors (Lipinski definition) is 1. The highest BCUT2D eigenvalue weighted by molar-refractivity contribution is 6.36. The molecule has 0 aliphatic carbocycles. The Morgan fingerprint density at radius 3 is 2.77 bits per heavy atom. The summed E-state index contributed by atoms with van der Waals surface area (Å²) in [6.07, 6.45) is 2.13. The lowest BCUT2D eigenvalue weighted by molar-refractivity contribution is 0.681. The molecule has 0 spiro atoms. The van der Waals surface area contributed by atoms with Gasteiger partial charge in [-0.2, -0.15) is 0 Å². The second-order valence-electron chi connectivity index (χ2n) is 3.47. The van der Waals surface area contributed by atoms with E-state index >= 15 is 0 Å². The number of benzene rings is 1. The van der Waals surface area contributed by atoms with E-state index in [-0.39, 0.29) is 0 Å². The van der Waals surface area contributed by atoms with Gasteiger partial charge in [0.25, 0.3) is 0 Å². The van der Waals surface area contributed by atoms with Gasteiger partial charge in [0.1, 0.15) is 0 Å². The van der Waals surface area contributed by atoms with Gasteiger partial charge in [0.05, 0.1) is 10.7 Å². The summed E-state index contributed by atoms with van der Waals surface area (Å²) in [5.41, 5.74) is 2.18. The normalized spacial score (nSPS) is 20.7. The lowest BCUT2D eigenvalue weighted by atomic mass is 9.99. The standard InChI is InChI=1S/C10H11Cl2N/c1-6-2-3-7-8(11)4-5-9(12)10(7)13-6/h4-6,13H,2-3H2,1H3. The quantitative estimate of drug-likeness (QED) is 0.696. The SMILES string of the molecule is CC1CCc2c(Cl)ccc(Cl)c2N1. The van der Waals surface area contributed by atoms with E-state index < -0.39 is 0 Å². The van der Waals surface area contributed by atoms with Crippen LogP contribution in [0.3, 0.4) is 0 Å². The van der Waals surface area contributed by atoms with Gasteiger partial charge < -0.3 is 5.32 Å². The van der Waals surface area contributed by atoms with Crippen molar-refractivity contribution >= 4 is 28.9 Å². The van der Waals surface area contributed by atoms with Crippen LogP contribution in [0.4, 0.5) is 5.69 Å². The number of halogens is 2. The van der Waals surface area contributed by atoms with Crippen LogP contribution in [0, 0.1) is 0 Å². The highest BCUT2D eigenvalue weighted by Gasteiger charge is 2.18. The summed E-state index contributed by atoms with van der Waals surface area (Å²) in [6.45, 7) is 2.15. The van der Waals surface area contributed by atoms with Gasteiger partial charge in [-0.3, -0.25) is 0 Å². The van der Waals surface area contributed by atoms with Crippen LogP contribution in [0.15, 0.2) is 12.1 Å². The molecular weight excluding hydrogens is 205 g/mol. The Labute approximate surface area is 88.0 Å². The van der Waals surface area contributed by atoms with E-state index in [9.17, 15) is 0 Å². The molecular formula is C10H11Cl2N. The summed E-state index contributed by atoms with van der Waals surface area (Å²) in [6, 6.07) is 4.19. The Balaban J connectivity index is 2.51. The molecule has 0 saturated heterocycles. The van der Waals surface area contributed by atoms with E-state index in [2.05, 4.69) is 12.2 Å². The van der Waals surface area contributed by atoms with E-state index in [0.29, 0.717) is 6.04 Å². The third kappa shape index (κ3) is 1.63. The van der Waals surface area contributed by atoms with Crippen molar-refractivity contribution < 1.29 is 0 Å². The average molecular weight is 216 g/mol. The molecule has 1 nitrogen and oxygen atoms in total. The molecule has 2 rings (SSSR count). The van der Waals surface area contributed by atoms with Crippen molar-refractivity contribution in [1.29, 1.82) is 0 Å². The molecule has 1 aromatic carbocycles. The number of anilines is 1. The minimum Gasteiger partial charge on any atom is -0.381 e. The maximum absolute atomic E-state index is 6.06. The maximum Gasteiger partial charge on any atom is 0.0641 e. The summed E-state index contributed by atoms with van der Waals surface area (Å²) < 4.78 is 0. The Morgan fingerprint density at radius 2 is 2.00 bits per heavy atom. The van der Waals surface area contributed by atoms with E-state index in [0.717, 1.165) is 34.1 Å². The number of fused-ring (bicyclic) bond motifs is 1. The molecule has 0 amide bonds. The Hall–Kier alpha value is -0.400. The van der Waals surface area contributed by atoms with Crippen LogP contribution in [0.1, 0.15) is 18.9 Å². The fraction of sp³-hybridized carbons (Fsp3) is 0.400. The Kier molecular flexibility index (Phi) is 2.39. The van der Waals surface area contributed by atoms with E-state index in [4.69, 9.17) is 23.2 Å². The molecule has 1 aliphatic rings. The van der Waals surface area contributed by atoms with Crippen molar-refractivity contribution in [3.63, 3.8) is 0 Å². The molecule has 1 unspecified atom stereocenters. The summed E-state index contributed by atoms with van der Waals surface area (Å²) in [4.78, 5) is 0. The van der Waals surface area contributed by atoms with Gasteiger partial charge in [-0.25, -0.2) is 0 Å². The molecule has 1 aromatic rings. The number of rotatable bonds is 0. The highest BCUT2D eigenvalue weighted by Crippen LogP contribution is 2.36. The van der Waals surface area contributed by atoms with E-state index in [1.54, 1.807) is 0 Å². The molecule has 0 bridgehead atoms. The predicted octanol–water partition coefficient (Wildman–Crippen LogP) is 3.74. The van der Waals surface area contributed by atoms with Gasteiger partial charge in [-0.1, -0.05) is 23.2 Å². The van der Waals surface area contributed by atoms with Crippen molar-refractivity contribution in [1.82, 2.24) is 0 Å². The molecule has 13 heavy (non-hydrogen) atoms. The van der Waals surface area contributed by atoms with Crippen molar-refractivity contribution in [2.75, 3.05) is 5.32 Å². The van der Waals surface area contributed by atoms with Crippen LogP contribution in [-0.2, 0) is 6.42 Å². The molecule has 0 radical (unpaired) electrons. The topological polar surface area (TPSA) is 12.0 Å². The second-order valence-corrected chi connectivity index (χ2v) is 4.28. The molecule has 1 heterocycles. The van der Waals surface area contributed by atoms with Crippen LogP contribution in [0.25, 0.3) is 0 Å². The minimum absolute atomic E-state index is 0.489. The first kappa shape index (κ1) is 9.17. The smallest absolute Gasteiger partial charge is 0.0641 e. The van der Waals surface area contributed by atoms with Gasteiger partial charge >= 0.3 is 0 Å². The maximum atomic E-state index is 6.06. The molecule has 0 aromatic heterocycles. The first-order valence-corrected chi connectivity index (χ1v) is 5.17. The van der Waals surface area contributed by atoms with Crippen LogP contribution in [0.2, 0.25) is 10.0 Å². The minimum atomic E-state index is 0.489. The van der Waals surface area contributed by atoms with Crippen molar-refractivity contribution in [3.05, 3.63) is 27.7 Å². The third-order valence-electron chi connectivity index (χ3n) is 2.42. The van der Waals surface area contributed by atoms with Gasteiger partial charge in [-0.15, -0.1) is 0 Å². The van der Waals surface area contributed by atoms with Gasteiger partial charge in [0, 0.05) is 11.1 Å². The Bertz CT molecular complexity index is 336. The largest absolute Gasteiger partial charge is 0.381 e. The fourth-order valence-electron chi connectivity index (χ4n) is 1.67. The van der Waals surface area contributed by atoms with Crippen LogP contribution < -0.4 is 5.32 Å². The predicted molar refractivity (Wildman–Crippen MR) is 57.9 cm³/mol. The molecule has 0 saturated carbocycles. The van der Waals surface area contributed by atoms with Crippen molar-refractivity contribution in [2.24, 2.45) is 0 Å². The van der Waals surface area contributed by atoms with Gasteiger partial charge in [-0.05, 0) is 37.5 Å². The molecule has 1 aliphatic heterocycles. The first-order chi connectivity index (χ1) is 6.18. The van der Waals surface area contributed by atoms with E-state index in [1.165, 1.54) is 0 Å². The summed E-state index contributed by atoms with van der Waals surface area (Å²) in [7, 11) is 0. The van der Waals surface area contributed by atoms with Crippen LogP contribution in [-0.4, -0.2) is 6.04 Å². The zero-order chi connectivity index (χ0) is 9.42. The van der Waals surface area contributed by atoms with Crippen LogP contribution >= 0.6 is 23.2 Å². The molecule has 70 valence electrons. The number of hydrogen-bond donors (Lipinski definition) is 1. The van der Waals surface area contributed by atoms with Crippen LogP contribution in [0.5, 0.6) is 0 Å².